The van der Waals surface area contributed by atoms with Crippen LogP contribution in [0.15, 0.2) is 24.3 Å². The van der Waals surface area contributed by atoms with Crippen molar-refractivity contribution in [2.75, 3.05) is 20.1 Å². The third kappa shape index (κ3) is 3.78. The molecule has 1 N–H and O–H groups in total. The highest BCUT2D eigenvalue weighted by Gasteiger charge is 2.27. The monoisotopic (exact) mass is 282 g/mol. The molecule has 1 aromatic rings. The topological polar surface area (TPSA) is 49.4 Å². The van der Waals surface area contributed by atoms with Crippen LogP contribution in [0.1, 0.15) is 24.0 Å². The predicted octanol–water partition coefficient (Wildman–Crippen LogP) is 1.51. The first-order valence-electron chi connectivity index (χ1n) is 6.71. The summed E-state index contributed by atoms with van der Waals surface area (Å²) in [6.07, 6.45) is 1.98. The molecule has 1 atom stereocenters. The van der Waals surface area contributed by atoms with Crippen LogP contribution in [0.2, 0.25) is 0 Å². The van der Waals surface area contributed by atoms with Gasteiger partial charge in [0, 0.05) is 19.6 Å². The quantitative estimate of drug-likeness (QED) is 0.910. The maximum atomic E-state index is 12.4. The van der Waals surface area contributed by atoms with Crippen molar-refractivity contribution in [1.29, 1.82) is 0 Å². The molecule has 0 saturated carbocycles. The van der Waals surface area contributed by atoms with Crippen molar-refractivity contribution in [3.63, 3.8) is 0 Å². The largest absolute Gasteiger partial charge is 0.315 e. The van der Waals surface area contributed by atoms with E-state index in [4.69, 9.17) is 0 Å². The molecule has 1 fully saturated rings. The minimum Gasteiger partial charge on any atom is -0.315 e. The molecule has 1 aliphatic rings. The number of hydrogen-bond donors (Lipinski definition) is 1. The normalized spacial score (nSPS) is 20.7. The Morgan fingerprint density at radius 2 is 2.00 bits per heavy atom. The van der Waals surface area contributed by atoms with Gasteiger partial charge in [-0.15, -0.1) is 0 Å². The van der Waals surface area contributed by atoms with Crippen LogP contribution in [0.5, 0.6) is 0 Å². The summed E-state index contributed by atoms with van der Waals surface area (Å²) in [5, 5.41) is 3.25. The van der Waals surface area contributed by atoms with Crippen LogP contribution in [0.4, 0.5) is 0 Å². The second-order valence-corrected chi connectivity index (χ2v) is 7.29. The lowest BCUT2D eigenvalue weighted by atomic mass is 10.1. The van der Waals surface area contributed by atoms with Crippen molar-refractivity contribution < 1.29 is 8.42 Å². The molecule has 19 heavy (non-hydrogen) atoms. The summed E-state index contributed by atoms with van der Waals surface area (Å²) in [6.45, 7) is 3.74. The van der Waals surface area contributed by atoms with Crippen LogP contribution in [0.3, 0.4) is 0 Å². The van der Waals surface area contributed by atoms with Gasteiger partial charge in [-0.2, -0.15) is 0 Å². The first-order valence-corrected chi connectivity index (χ1v) is 8.32. The summed E-state index contributed by atoms with van der Waals surface area (Å²) >= 11 is 0. The van der Waals surface area contributed by atoms with Crippen LogP contribution in [0.25, 0.3) is 0 Å². The standard InChI is InChI=1S/C14H22N2O2S/c1-12-5-7-13(8-6-12)11-19(17,18)16(2)14-4-3-9-15-10-14/h5-8,14-15H,3-4,9-11H2,1-2H3. The molecular weight excluding hydrogens is 260 g/mol. The van der Waals surface area contributed by atoms with Crippen LogP contribution in [-0.2, 0) is 15.8 Å². The Labute approximate surface area is 115 Å². The maximum absolute atomic E-state index is 12.4. The third-order valence-electron chi connectivity index (χ3n) is 3.69. The van der Waals surface area contributed by atoms with Crippen molar-refractivity contribution in [1.82, 2.24) is 9.62 Å². The lowest BCUT2D eigenvalue weighted by molar-refractivity contribution is 0.300. The molecule has 0 aliphatic carbocycles. The molecule has 2 rings (SSSR count). The molecule has 0 amide bonds. The molecule has 1 aliphatic heterocycles. The van der Waals surface area contributed by atoms with E-state index in [-0.39, 0.29) is 11.8 Å². The van der Waals surface area contributed by atoms with Gasteiger partial charge in [-0.1, -0.05) is 29.8 Å². The van der Waals surface area contributed by atoms with Crippen LogP contribution in [0, 0.1) is 6.92 Å². The van der Waals surface area contributed by atoms with Gasteiger partial charge in [0.25, 0.3) is 0 Å². The molecule has 4 nitrogen and oxygen atoms in total. The first kappa shape index (κ1) is 14.5. The third-order valence-corrected chi connectivity index (χ3v) is 5.57. The van der Waals surface area contributed by atoms with Crippen molar-refractivity contribution in [3.8, 4) is 0 Å². The fourth-order valence-electron chi connectivity index (χ4n) is 2.37. The molecule has 1 heterocycles. The van der Waals surface area contributed by atoms with Crippen LogP contribution >= 0.6 is 0 Å². The number of nitrogens with one attached hydrogen (secondary N) is 1. The lowest BCUT2D eigenvalue weighted by Crippen LogP contribution is -2.46. The summed E-state index contributed by atoms with van der Waals surface area (Å²) in [4.78, 5) is 0. The van der Waals surface area contributed by atoms with Gasteiger partial charge in [-0.3, -0.25) is 0 Å². The number of hydrogen-bond acceptors (Lipinski definition) is 3. The Balaban J connectivity index is 2.06. The summed E-state index contributed by atoms with van der Waals surface area (Å²) in [7, 11) is -1.54. The van der Waals surface area contributed by atoms with E-state index in [1.54, 1.807) is 11.4 Å². The molecule has 1 saturated heterocycles. The van der Waals surface area contributed by atoms with Gasteiger partial charge in [0.2, 0.25) is 10.0 Å². The van der Waals surface area contributed by atoms with Gasteiger partial charge in [0.05, 0.1) is 5.75 Å². The summed E-state index contributed by atoms with van der Waals surface area (Å²) in [5.41, 5.74) is 1.99. The zero-order valence-electron chi connectivity index (χ0n) is 11.6. The highest BCUT2D eigenvalue weighted by molar-refractivity contribution is 7.88. The Bertz CT molecular complexity index is 505. The average molecular weight is 282 g/mol. The van der Waals surface area contributed by atoms with Crippen molar-refractivity contribution in [3.05, 3.63) is 35.4 Å². The Kier molecular flexibility index (Phi) is 4.60. The van der Waals surface area contributed by atoms with E-state index in [1.165, 1.54) is 0 Å². The van der Waals surface area contributed by atoms with Crippen molar-refractivity contribution in [2.45, 2.75) is 31.6 Å². The van der Waals surface area contributed by atoms with Gasteiger partial charge >= 0.3 is 0 Å². The van der Waals surface area contributed by atoms with Gasteiger partial charge in [-0.05, 0) is 31.9 Å². The fraction of sp³-hybridized carbons (Fsp3) is 0.571. The fourth-order valence-corrected chi connectivity index (χ4v) is 3.82. The second kappa shape index (κ2) is 6.03. The molecule has 1 unspecified atom stereocenters. The zero-order chi connectivity index (χ0) is 13.9. The van der Waals surface area contributed by atoms with Crippen molar-refractivity contribution >= 4 is 10.0 Å². The first-order chi connectivity index (χ1) is 8.99. The molecule has 5 heteroatoms. The second-order valence-electron chi connectivity index (χ2n) is 5.26. The molecule has 0 aromatic heterocycles. The molecule has 106 valence electrons. The van der Waals surface area contributed by atoms with E-state index in [2.05, 4.69) is 5.32 Å². The number of rotatable bonds is 4. The molecule has 0 radical (unpaired) electrons. The summed E-state index contributed by atoms with van der Waals surface area (Å²) < 4.78 is 26.3. The van der Waals surface area contributed by atoms with E-state index in [9.17, 15) is 8.42 Å². The highest BCUT2D eigenvalue weighted by atomic mass is 32.2. The van der Waals surface area contributed by atoms with Gasteiger partial charge in [0.1, 0.15) is 0 Å². The zero-order valence-corrected chi connectivity index (χ0v) is 12.4. The lowest BCUT2D eigenvalue weighted by Gasteiger charge is -2.30. The minimum atomic E-state index is -3.23. The number of piperidine rings is 1. The van der Waals surface area contributed by atoms with Crippen LogP contribution < -0.4 is 5.32 Å². The van der Waals surface area contributed by atoms with Gasteiger partial charge in [0.15, 0.2) is 0 Å². The van der Waals surface area contributed by atoms with E-state index < -0.39 is 10.0 Å². The smallest absolute Gasteiger partial charge is 0.218 e. The Morgan fingerprint density at radius 3 is 2.58 bits per heavy atom. The van der Waals surface area contributed by atoms with E-state index in [0.717, 1.165) is 37.1 Å². The Morgan fingerprint density at radius 1 is 1.32 bits per heavy atom. The number of nitrogens with zero attached hydrogens (tertiary/aromatic N) is 1. The molecule has 1 aromatic carbocycles. The predicted molar refractivity (Wildman–Crippen MR) is 77.5 cm³/mol. The average Bonchev–Trinajstić information content (AvgIpc) is 2.41. The van der Waals surface area contributed by atoms with E-state index in [1.807, 2.05) is 31.2 Å². The van der Waals surface area contributed by atoms with Crippen molar-refractivity contribution in [2.24, 2.45) is 0 Å². The maximum Gasteiger partial charge on any atom is 0.218 e. The minimum absolute atomic E-state index is 0.0836. The highest BCUT2D eigenvalue weighted by Crippen LogP contribution is 2.16. The van der Waals surface area contributed by atoms with E-state index in [0.29, 0.717) is 0 Å². The SMILES string of the molecule is Cc1ccc(CS(=O)(=O)N(C)C2CCCNC2)cc1. The number of aryl methyl sites for hydroxylation is 1. The Hall–Kier alpha value is -0.910. The molecule has 0 spiro atoms. The van der Waals surface area contributed by atoms with E-state index >= 15 is 0 Å². The number of sulfonamides is 1. The van der Waals surface area contributed by atoms with Gasteiger partial charge in [-0.25, -0.2) is 12.7 Å². The molecule has 0 bridgehead atoms. The summed E-state index contributed by atoms with van der Waals surface area (Å²) in [5.74, 6) is 0.0836. The molecular formula is C14H22N2O2S. The summed E-state index contributed by atoms with van der Waals surface area (Å²) in [6, 6.07) is 7.77. The van der Waals surface area contributed by atoms with Crippen LogP contribution in [-0.4, -0.2) is 38.9 Å². The number of benzene rings is 1. The number of likely N-dealkylation sites (N-methyl/N-ethyl adjacent to an activating group) is 1. The van der Waals surface area contributed by atoms with Gasteiger partial charge < -0.3 is 5.32 Å².